The van der Waals surface area contributed by atoms with Crippen LogP contribution >= 0.6 is 0 Å². The van der Waals surface area contributed by atoms with Crippen LogP contribution in [0.5, 0.6) is 0 Å². The molecule has 4 heteroatoms. The van der Waals surface area contributed by atoms with Crippen molar-refractivity contribution in [2.45, 2.75) is 45.1 Å². The van der Waals surface area contributed by atoms with E-state index in [2.05, 4.69) is 52.0 Å². The molecule has 0 spiro atoms. The topological polar surface area (TPSA) is 30.9 Å². The minimum absolute atomic E-state index is 0.218. The maximum absolute atomic E-state index is 6.10. The van der Waals surface area contributed by atoms with E-state index in [4.69, 9.17) is 14.3 Å². The molecule has 4 nitrogen and oxygen atoms in total. The summed E-state index contributed by atoms with van der Waals surface area (Å²) in [6.07, 6.45) is -0.409. The average molecular weight is 279 g/mol. The van der Waals surface area contributed by atoms with Crippen molar-refractivity contribution in [3.63, 3.8) is 0 Å². The van der Waals surface area contributed by atoms with Gasteiger partial charge in [-0.3, -0.25) is 4.84 Å². The van der Waals surface area contributed by atoms with Crippen LogP contribution in [0.1, 0.15) is 38.8 Å². The number of ether oxygens (including phenoxy) is 2. The number of methoxy groups -OCH3 is 2. The Morgan fingerprint density at radius 3 is 1.90 bits per heavy atom. The van der Waals surface area contributed by atoms with Crippen molar-refractivity contribution in [1.29, 1.82) is 0 Å². The van der Waals surface area contributed by atoms with Gasteiger partial charge in [0.05, 0.1) is 17.7 Å². The molecule has 0 amide bonds. The van der Waals surface area contributed by atoms with Gasteiger partial charge in [0.2, 0.25) is 6.29 Å². The van der Waals surface area contributed by atoms with Crippen molar-refractivity contribution in [3.8, 4) is 0 Å². The minimum Gasteiger partial charge on any atom is -0.379 e. The van der Waals surface area contributed by atoms with Crippen LogP contribution in [0.4, 0.5) is 0 Å². The number of hydrogen-bond donors (Lipinski definition) is 0. The summed E-state index contributed by atoms with van der Waals surface area (Å²) in [5.41, 5.74) is 2.14. The van der Waals surface area contributed by atoms with E-state index in [1.807, 2.05) is 5.06 Å². The summed E-state index contributed by atoms with van der Waals surface area (Å²) in [7, 11) is 3.28. The second-order valence-corrected chi connectivity index (χ2v) is 6.18. The number of nitrogens with zero attached hydrogens (tertiary/aromatic N) is 1. The number of hydroxylamine groups is 2. The van der Waals surface area contributed by atoms with Crippen LogP contribution in [0.25, 0.3) is 0 Å². The van der Waals surface area contributed by atoms with Crippen molar-refractivity contribution in [3.05, 3.63) is 35.4 Å². The number of fused-ring (bicyclic) bond motifs is 1. The van der Waals surface area contributed by atoms with Crippen LogP contribution in [0, 0.1) is 0 Å². The van der Waals surface area contributed by atoms with Crippen LogP contribution in [0.2, 0.25) is 0 Å². The highest BCUT2D eigenvalue weighted by molar-refractivity contribution is 5.42. The van der Waals surface area contributed by atoms with Crippen molar-refractivity contribution in [1.82, 2.24) is 5.06 Å². The van der Waals surface area contributed by atoms with Gasteiger partial charge in [-0.05, 0) is 38.8 Å². The van der Waals surface area contributed by atoms with Gasteiger partial charge in [0.25, 0.3) is 0 Å². The van der Waals surface area contributed by atoms with Crippen molar-refractivity contribution < 1.29 is 14.3 Å². The van der Waals surface area contributed by atoms with Gasteiger partial charge in [-0.15, -0.1) is 0 Å². The van der Waals surface area contributed by atoms with Gasteiger partial charge in [0, 0.05) is 14.2 Å². The van der Waals surface area contributed by atoms with Crippen molar-refractivity contribution >= 4 is 0 Å². The zero-order valence-corrected chi connectivity index (χ0v) is 13.3. The highest BCUT2D eigenvalue weighted by Crippen LogP contribution is 2.49. The molecule has 0 saturated heterocycles. The van der Waals surface area contributed by atoms with Gasteiger partial charge < -0.3 is 9.47 Å². The molecular weight excluding hydrogens is 254 g/mol. The van der Waals surface area contributed by atoms with Crippen molar-refractivity contribution in [2.75, 3.05) is 20.8 Å². The second-order valence-electron chi connectivity index (χ2n) is 6.18. The van der Waals surface area contributed by atoms with Crippen LogP contribution in [-0.2, 0) is 25.4 Å². The Bertz CT molecular complexity index is 436. The third-order valence-electron chi connectivity index (χ3n) is 4.05. The van der Waals surface area contributed by atoms with E-state index in [0.717, 1.165) is 0 Å². The van der Waals surface area contributed by atoms with Gasteiger partial charge in [-0.25, -0.2) is 0 Å². The summed E-state index contributed by atoms with van der Waals surface area (Å²) in [6, 6.07) is 8.48. The number of benzene rings is 1. The lowest BCUT2D eigenvalue weighted by Gasteiger charge is -2.41. The highest BCUT2D eigenvalue weighted by Gasteiger charge is 2.50. The molecule has 1 heterocycles. The first-order chi connectivity index (χ1) is 9.35. The normalized spacial score (nSPS) is 21.7. The smallest absolute Gasteiger partial charge is 0.200 e. The van der Waals surface area contributed by atoms with E-state index in [1.54, 1.807) is 14.2 Å². The van der Waals surface area contributed by atoms with E-state index in [9.17, 15) is 0 Å². The van der Waals surface area contributed by atoms with Crippen molar-refractivity contribution in [2.24, 2.45) is 0 Å². The molecule has 0 radical (unpaired) electrons. The van der Waals surface area contributed by atoms with Gasteiger partial charge >= 0.3 is 0 Å². The molecule has 1 aromatic rings. The molecule has 1 aliphatic heterocycles. The fourth-order valence-corrected chi connectivity index (χ4v) is 3.13. The van der Waals surface area contributed by atoms with Crippen LogP contribution in [0.15, 0.2) is 24.3 Å². The fourth-order valence-electron chi connectivity index (χ4n) is 3.13. The quantitative estimate of drug-likeness (QED) is 0.775. The SMILES string of the molecule is COCC(OC)ON1C(C)(C)c2ccccc2C1(C)C. The third kappa shape index (κ3) is 2.37. The molecule has 1 atom stereocenters. The summed E-state index contributed by atoms with van der Waals surface area (Å²) in [6.45, 7) is 9.07. The van der Waals surface area contributed by atoms with Gasteiger partial charge in [0.15, 0.2) is 0 Å². The predicted molar refractivity (Wildman–Crippen MR) is 78.1 cm³/mol. The molecule has 0 bridgehead atoms. The zero-order valence-electron chi connectivity index (χ0n) is 13.3. The molecule has 20 heavy (non-hydrogen) atoms. The lowest BCUT2D eigenvalue weighted by atomic mass is 9.91. The predicted octanol–water partition coefficient (Wildman–Crippen LogP) is 3.02. The number of rotatable bonds is 5. The Morgan fingerprint density at radius 2 is 1.50 bits per heavy atom. The Labute approximate surface area is 121 Å². The van der Waals surface area contributed by atoms with E-state index < -0.39 is 6.29 Å². The summed E-state index contributed by atoms with van der Waals surface area (Å²) in [4.78, 5) is 6.10. The first-order valence-corrected chi connectivity index (χ1v) is 6.94. The highest BCUT2D eigenvalue weighted by atomic mass is 16.8. The maximum Gasteiger partial charge on any atom is 0.200 e. The molecule has 1 unspecified atom stereocenters. The standard InChI is InChI=1S/C16H25NO3/c1-15(2)12-9-7-8-10-13(12)16(3,4)17(15)20-14(19-6)11-18-5/h7-10,14H,11H2,1-6H3. The van der Waals surface area contributed by atoms with Gasteiger partial charge in [-0.1, -0.05) is 24.3 Å². The lowest BCUT2D eigenvalue weighted by Crippen LogP contribution is -2.48. The van der Waals surface area contributed by atoms with E-state index >= 15 is 0 Å². The van der Waals surface area contributed by atoms with Crippen LogP contribution in [0.3, 0.4) is 0 Å². The summed E-state index contributed by atoms with van der Waals surface area (Å²) < 4.78 is 10.5. The zero-order chi connectivity index (χ0) is 15.0. The average Bonchev–Trinajstić information content (AvgIpc) is 2.56. The Balaban J connectivity index is 2.35. The first kappa shape index (κ1) is 15.4. The van der Waals surface area contributed by atoms with E-state index in [0.29, 0.717) is 6.61 Å². The molecule has 112 valence electrons. The van der Waals surface area contributed by atoms with E-state index in [1.165, 1.54) is 11.1 Å². The van der Waals surface area contributed by atoms with Gasteiger partial charge in [-0.2, -0.15) is 5.06 Å². The van der Waals surface area contributed by atoms with E-state index in [-0.39, 0.29) is 11.1 Å². The fraction of sp³-hybridized carbons (Fsp3) is 0.625. The molecule has 0 saturated carbocycles. The Kier molecular flexibility index (Phi) is 4.21. The Morgan fingerprint density at radius 1 is 1.00 bits per heavy atom. The molecule has 0 aliphatic carbocycles. The molecule has 1 aliphatic rings. The second kappa shape index (κ2) is 5.45. The number of hydrogen-bond acceptors (Lipinski definition) is 4. The molecule has 0 aromatic heterocycles. The molecule has 0 N–H and O–H groups in total. The van der Waals surface area contributed by atoms with Crippen LogP contribution < -0.4 is 0 Å². The summed E-state index contributed by atoms with van der Waals surface area (Å²) in [5.74, 6) is 0. The monoisotopic (exact) mass is 279 g/mol. The largest absolute Gasteiger partial charge is 0.379 e. The van der Waals surface area contributed by atoms with Gasteiger partial charge in [0.1, 0.15) is 0 Å². The Hall–Kier alpha value is -0.940. The summed E-state index contributed by atoms with van der Waals surface area (Å²) in [5, 5.41) is 2.03. The minimum atomic E-state index is -0.409. The molecular formula is C16H25NO3. The third-order valence-corrected chi connectivity index (χ3v) is 4.05. The van der Waals surface area contributed by atoms with Crippen LogP contribution in [-0.4, -0.2) is 32.2 Å². The molecule has 0 fully saturated rings. The lowest BCUT2D eigenvalue weighted by molar-refractivity contribution is -0.343. The summed E-state index contributed by atoms with van der Waals surface area (Å²) >= 11 is 0. The molecule has 2 rings (SSSR count). The molecule has 1 aromatic carbocycles. The maximum atomic E-state index is 6.10. The first-order valence-electron chi connectivity index (χ1n) is 6.94.